The van der Waals surface area contributed by atoms with Crippen LogP contribution >= 0.6 is 11.6 Å². The fraction of sp³-hybridized carbons (Fsp3) is 0.417. The maximum absolute atomic E-state index is 12.9. The molecule has 0 aromatic heterocycles. The summed E-state index contributed by atoms with van der Waals surface area (Å²) in [5.41, 5.74) is 0.926. The van der Waals surface area contributed by atoms with Crippen molar-refractivity contribution in [1.29, 1.82) is 5.26 Å². The maximum Gasteiger partial charge on any atom is 0.141 e. The summed E-state index contributed by atoms with van der Waals surface area (Å²) in [6.45, 7) is 3.91. The molecule has 1 rings (SSSR count). The average Bonchev–Trinajstić information content (AvgIpc) is 2.24. The molecule has 1 aromatic rings. The average molecular weight is 241 g/mol. The third kappa shape index (κ3) is 3.80. The molecule has 0 N–H and O–H groups in total. The summed E-state index contributed by atoms with van der Waals surface area (Å²) >= 11 is 5.69. The van der Waals surface area contributed by atoms with Gasteiger partial charge in [-0.1, -0.05) is 24.6 Å². The lowest BCUT2D eigenvalue weighted by Gasteiger charge is -2.18. The first-order chi connectivity index (χ1) is 7.67. The van der Waals surface area contributed by atoms with Gasteiger partial charge in [-0.15, -0.1) is 0 Å². The summed E-state index contributed by atoms with van der Waals surface area (Å²) in [5.74, 6) is -0.409. The standard InChI is InChI=1S/C12H14ClFN2/c1-2-6-16(7-5-15)9-10-3-4-12(14)11(13)8-10/h3-4,8H,2,6-7,9H2,1H3. The van der Waals surface area contributed by atoms with Crippen LogP contribution in [0.4, 0.5) is 4.39 Å². The van der Waals surface area contributed by atoms with Gasteiger partial charge in [0.05, 0.1) is 17.6 Å². The van der Waals surface area contributed by atoms with Crippen LogP contribution in [0.25, 0.3) is 0 Å². The molecule has 0 heterocycles. The summed E-state index contributed by atoms with van der Waals surface area (Å²) in [4.78, 5) is 2.00. The van der Waals surface area contributed by atoms with E-state index in [0.29, 0.717) is 13.1 Å². The predicted molar refractivity (Wildman–Crippen MR) is 62.6 cm³/mol. The summed E-state index contributed by atoms with van der Waals surface area (Å²) in [5, 5.41) is 8.79. The van der Waals surface area contributed by atoms with E-state index in [1.54, 1.807) is 12.1 Å². The number of benzene rings is 1. The van der Waals surface area contributed by atoms with Gasteiger partial charge in [-0.25, -0.2) is 4.39 Å². The molecule has 0 bridgehead atoms. The van der Waals surface area contributed by atoms with Crippen molar-refractivity contribution in [1.82, 2.24) is 4.90 Å². The van der Waals surface area contributed by atoms with E-state index in [9.17, 15) is 4.39 Å². The maximum atomic E-state index is 12.9. The summed E-state index contributed by atoms with van der Waals surface area (Å²) in [6.07, 6.45) is 0.983. The zero-order valence-electron chi connectivity index (χ0n) is 9.21. The van der Waals surface area contributed by atoms with Crippen molar-refractivity contribution in [3.05, 3.63) is 34.6 Å². The lowest BCUT2D eigenvalue weighted by atomic mass is 10.2. The topological polar surface area (TPSA) is 27.0 Å². The third-order valence-corrected chi connectivity index (χ3v) is 2.51. The van der Waals surface area contributed by atoms with E-state index in [2.05, 4.69) is 13.0 Å². The summed E-state index contributed by atoms with van der Waals surface area (Å²) in [6, 6.07) is 6.78. The summed E-state index contributed by atoms with van der Waals surface area (Å²) in [7, 11) is 0. The van der Waals surface area contributed by atoms with E-state index in [1.807, 2.05) is 4.90 Å². The summed E-state index contributed by atoms with van der Waals surface area (Å²) < 4.78 is 12.9. The number of nitrogens with zero attached hydrogens (tertiary/aromatic N) is 2. The van der Waals surface area contributed by atoms with Gasteiger partial charge in [-0.05, 0) is 30.7 Å². The van der Waals surface area contributed by atoms with Gasteiger partial charge in [0, 0.05) is 6.54 Å². The molecule has 0 spiro atoms. The molecule has 1 aromatic carbocycles. The number of nitriles is 1. The zero-order chi connectivity index (χ0) is 12.0. The van der Waals surface area contributed by atoms with Crippen LogP contribution in [0.15, 0.2) is 18.2 Å². The molecule has 0 aliphatic carbocycles. The van der Waals surface area contributed by atoms with Crippen LogP contribution in [0.2, 0.25) is 5.02 Å². The molecule has 0 saturated carbocycles. The first-order valence-electron chi connectivity index (χ1n) is 5.20. The van der Waals surface area contributed by atoms with Crippen LogP contribution in [0.3, 0.4) is 0 Å². The van der Waals surface area contributed by atoms with Crippen LogP contribution in [0.1, 0.15) is 18.9 Å². The lowest BCUT2D eigenvalue weighted by molar-refractivity contribution is 0.298. The second-order valence-corrected chi connectivity index (χ2v) is 4.02. The number of halogens is 2. The minimum atomic E-state index is -0.409. The van der Waals surface area contributed by atoms with E-state index in [4.69, 9.17) is 16.9 Å². The quantitative estimate of drug-likeness (QED) is 0.739. The molecule has 4 heteroatoms. The molecule has 16 heavy (non-hydrogen) atoms. The van der Waals surface area contributed by atoms with Gasteiger partial charge in [-0.2, -0.15) is 5.26 Å². The van der Waals surface area contributed by atoms with Crippen LogP contribution in [0, 0.1) is 17.1 Å². The molecule has 0 radical (unpaired) electrons. The second-order valence-electron chi connectivity index (χ2n) is 3.62. The number of hydrogen-bond donors (Lipinski definition) is 0. The molecule has 0 fully saturated rings. The zero-order valence-corrected chi connectivity index (χ0v) is 9.97. The number of rotatable bonds is 5. The van der Waals surface area contributed by atoms with E-state index in [-0.39, 0.29) is 5.02 Å². The van der Waals surface area contributed by atoms with Crippen molar-refractivity contribution in [3.63, 3.8) is 0 Å². The molecule has 0 amide bonds. The smallest absolute Gasteiger partial charge is 0.141 e. The van der Waals surface area contributed by atoms with E-state index in [1.165, 1.54) is 6.07 Å². The Morgan fingerprint density at radius 3 is 2.81 bits per heavy atom. The molecule has 86 valence electrons. The van der Waals surface area contributed by atoms with Crippen molar-refractivity contribution in [3.8, 4) is 6.07 Å². The van der Waals surface area contributed by atoms with Crippen molar-refractivity contribution < 1.29 is 4.39 Å². The minimum absolute atomic E-state index is 0.130. The van der Waals surface area contributed by atoms with Crippen molar-refractivity contribution >= 4 is 11.6 Å². The van der Waals surface area contributed by atoms with Crippen LogP contribution in [0.5, 0.6) is 0 Å². The van der Waals surface area contributed by atoms with E-state index >= 15 is 0 Å². The SMILES string of the molecule is CCCN(CC#N)Cc1ccc(F)c(Cl)c1. The monoisotopic (exact) mass is 240 g/mol. The van der Waals surface area contributed by atoms with Gasteiger partial charge in [0.15, 0.2) is 0 Å². The molecule has 0 unspecified atom stereocenters. The predicted octanol–water partition coefficient (Wildman–Crippen LogP) is 3.21. The van der Waals surface area contributed by atoms with Crippen LogP contribution in [-0.4, -0.2) is 18.0 Å². The van der Waals surface area contributed by atoms with E-state index < -0.39 is 5.82 Å². The van der Waals surface area contributed by atoms with Crippen LogP contribution < -0.4 is 0 Å². The van der Waals surface area contributed by atoms with Gasteiger partial charge in [-0.3, -0.25) is 4.90 Å². The molecule has 0 aliphatic rings. The highest BCUT2D eigenvalue weighted by molar-refractivity contribution is 6.30. The van der Waals surface area contributed by atoms with Crippen molar-refractivity contribution in [2.75, 3.05) is 13.1 Å². The molecule has 0 aliphatic heterocycles. The minimum Gasteiger partial charge on any atom is -0.286 e. The van der Waals surface area contributed by atoms with Crippen LogP contribution in [-0.2, 0) is 6.54 Å². The van der Waals surface area contributed by atoms with Gasteiger partial charge < -0.3 is 0 Å². The fourth-order valence-electron chi connectivity index (χ4n) is 1.53. The largest absolute Gasteiger partial charge is 0.286 e. The van der Waals surface area contributed by atoms with Gasteiger partial charge in [0.2, 0.25) is 0 Å². The molecular formula is C12H14ClFN2. The Balaban J connectivity index is 2.69. The van der Waals surface area contributed by atoms with Gasteiger partial charge >= 0.3 is 0 Å². The van der Waals surface area contributed by atoms with E-state index in [0.717, 1.165) is 18.5 Å². The fourth-order valence-corrected chi connectivity index (χ4v) is 1.73. The lowest BCUT2D eigenvalue weighted by Crippen LogP contribution is -2.24. The van der Waals surface area contributed by atoms with Gasteiger partial charge in [0.1, 0.15) is 5.82 Å². The third-order valence-electron chi connectivity index (χ3n) is 2.22. The highest BCUT2D eigenvalue weighted by atomic mass is 35.5. The number of hydrogen-bond acceptors (Lipinski definition) is 2. The Morgan fingerprint density at radius 1 is 1.50 bits per heavy atom. The van der Waals surface area contributed by atoms with Crippen molar-refractivity contribution in [2.45, 2.75) is 19.9 Å². The Kier molecular flexibility index (Phi) is 5.24. The Labute approximate surface area is 100 Å². The highest BCUT2D eigenvalue weighted by Crippen LogP contribution is 2.17. The Morgan fingerprint density at radius 2 is 2.25 bits per heavy atom. The molecule has 2 nitrogen and oxygen atoms in total. The first-order valence-corrected chi connectivity index (χ1v) is 5.58. The molecular weight excluding hydrogens is 227 g/mol. The van der Waals surface area contributed by atoms with Gasteiger partial charge in [0.25, 0.3) is 0 Å². The highest BCUT2D eigenvalue weighted by Gasteiger charge is 2.06. The first kappa shape index (κ1) is 13.0. The molecule has 0 saturated heterocycles. The Hall–Kier alpha value is -1.11. The Bertz CT molecular complexity index is 387. The second kappa shape index (κ2) is 6.47. The van der Waals surface area contributed by atoms with Crippen molar-refractivity contribution in [2.24, 2.45) is 0 Å². The normalized spacial score (nSPS) is 10.4. The molecule has 0 atom stereocenters.